The van der Waals surface area contributed by atoms with Crippen molar-refractivity contribution in [3.63, 3.8) is 0 Å². The van der Waals surface area contributed by atoms with E-state index in [1.54, 1.807) is 6.07 Å². The van der Waals surface area contributed by atoms with Gasteiger partial charge < -0.3 is 0 Å². The second-order valence-electron chi connectivity index (χ2n) is 4.78. The van der Waals surface area contributed by atoms with E-state index in [1.165, 1.54) is 12.1 Å². The van der Waals surface area contributed by atoms with Gasteiger partial charge in [-0.15, -0.1) is 0 Å². The number of thioether (sulfide) groups is 1. The van der Waals surface area contributed by atoms with E-state index in [0.29, 0.717) is 14.7 Å². The van der Waals surface area contributed by atoms with Gasteiger partial charge in [0.25, 0.3) is 0 Å². The molecule has 0 heterocycles. The maximum atomic E-state index is 12.3. The zero-order valence-corrected chi connectivity index (χ0v) is 15.1. The van der Waals surface area contributed by atoms with Crippen molar-refractivity contribution in [1.29, 1.82) is 0 Å². The summed E-state index contributed by atoms with van der Waals surface area (Å²) in [5.41, 5.74) is 0. The van der Waals surface area contributed by atoms with E-state index >= 15 is 0 Å². The fourth-order valence-corrected chi connectivity index (χ4v) is 5.47. The average molecular weight is 399 g/mol. The van der Waals surface area contributed by atoms with Crippen molar-refractivity contribution in [2.24, 2.45) is 0 Å². The minimum absolute atomic E-state index is 0.0403. The van der Waals surface area contributed by atoms with E-state index in [1.807, 2.05) is 11.8 Å². The summed E-state index contributed by atoms with van der Waals surface area (Å²) >= 11 is 11.1. The standard InChI is InChI=1S/C13H17BrClNO2S2/c1-2-19-10-4-3-9(7-10)16-20(17,18)11-5-6-13(15)12(14)8-11/h5-6,8-10,16H,2-4,7H2,1H3. The highest BCUT2D eigenvalue weighted by atomic mass is 79.9. The van der Waals surface area contributed by atoms with Crippen LogP contribution in [0.5, 0.6) is 0 Å². The summed E-state index contributed by atoms with van der Waals surface area (Å²) in [6, 6.07) is 4.70. The monoisotopic (exact) mass is 397 g/mol. The van der Waals surface area contributed by atoms with Crippen LogP contribution < -0.4 is 4.72 Å². The molecule has 20 heavy (non-hydrogen) atoms. The molecule has 0 saturated heterocycles. The second kappa shape index (κ2) is 7.01. The van der Waals surface area contributed by atoms with Gasteiger partial charge in [-0.05, 0) is 59.1 Å². The molecule has 1 aromatic rings. The Hall–Kier alpha value is 0.250. The Morgan fingerprint density at radius 3 is 2.85 bits per heavy atom. The molecule has 1 aliphatic carbocycles. The molecular weight excluding hydrogens is 382 g/mol. The zero-order valence-electron chi connectivity index (χ0n) is 11.1. The summed E-state index contributed by atoms with van der Waals surface area (Å²) in [5, 5.41) is 1.08. The Kier molecular flexibility index (Phi) is 5.82. The molecule has 2 rings (SSSR count). The van der Waals surface area contributed by atoms with Gasteiger partial charge in [0.2, 0.25) is 10.0 Å². The number of rotatable bonds is 5. The van der Waals surface area contributed by atoms with Crippen LogP contribution in [-0.2, 0) is 10.0 Å². The van der Waals surface area contributed by atoms with Gasteiger partial charge in [0.15, 0.2) is 0 Å². The van der Waals surface area contributed by atoms with E-state index in [4.69, 9.17) is 11.6 Å². The molecule has 1 saturated carbocycles. The topological polar surface area (TPSA) is 46.2 Å². The van der Waals surface area contributed by atoms with Crippen LogP contribution >= 0.6 is 39.3 Å². The van der Waals surface area contributed by atoms with Gasteiger partial charge in [-0.3, -0.25) is 0 Å². The fraction of sp³-hybridized carbons (Fsp3) is 0.538. The number of hydrogen-bond acceptors (Lipinski definition) is 3. The van der Waals surface area contributed by atoms with Gasteiger partial charge in [0.1, 0.15) is 0 Å². The lowest BCUT2D eigenvalue weighted by Gasteiger charge is -2.14. The van der Waals surface area contributed by atoms with Crippen LogP contribution in [0.25, 0.3) is 0 Å². The molecule has 7 heteroatoms. The molecule has 2 unspecified atom stereocenters. The van der Waals surface area contributed by atoms with Gasteiger partial charge >= 0.3 is 0 Å². The SMILES string of the molecule is CCSC1CCC(NS(=O)(=O)c2ccc(Cl)c(Br)c2)C1. The highest BCUT2D eigenvalue weighted by Gasteiger charge is 2.28. The summed E-state index contributed by atoms with van der Waals surface area (Å²) in [5.74, 6) is 1.08. The van der Waals surface area contributed by atoms with Crippen LogP contribution in [0.2, 0.25) is 5.02 Å². The molecule has 2 atom stereocenters. The third-order valence-corrected chi connectivity index (χ3v) is 7.28. The molecule has 0 amide bonds. The van der Waals surface area contributed by atoms with Crippen molar-refractivity contribution in [3.05, 3.63) is 27.7 Å². The van der Waals surface area contributed by atoms with Gasteiger partial charge in [0, 0.05) is 15.8 Å². The van der Waals surface area contributed by atoms with E-state index < -0.39 is 10.0 Å². The molecule has 1 fully saturated rings. The molecule has 1 aliphatic rings. The van der Waals surface area contributed by atoms with Gasteiger partial charge in [-0.2, -0.15) is 11.8 Å². The Bertz CT molecular complexity index is 580. The maximum absolute atomic E-state index is 12.3. The number of hydrogen-bond donors (Lipinski definition) is 1. The molecule has 0 bridgehead atoms. The van der Waals surface area contributed by atoms with Crippen molar-refractivity contribution in [1.82, 2.24) is 4.72 Å². The van der Waals surface area contributed by atoms with Crippen LogP contribution in [0.1, 0.15) is 26.2 Å². The molecule has 1 N–H and O–H groups in total. The predicted octanol–water partition coefficient (Wildman–Crippen LogP) is 4.06. The second-order valence-corrected chi connectivity index (χ2v) is 9.34. The van der Waals surface area contributed by atoms with Crippen molar-refractivity contribution in [2.75, 3.05) is 5.75 Å². The molecule has 112 valence electrons. The average Bonchev–Trinajstić information content (AvgIpc) is 2.79. The van der Waals surface area contributed by atoms with Crippen molar-refractivity contribution in [2.45, 2.75) is 42.4 Å². The quantitative estimate of drug-likeness (QED) is 0.813. The zero-order chi connectivity index (χ0) is 14.8. The minimum Gasteiger partial charge on any atom is -0.208 e. The summed E-state index contributed by atoms with van der Waals surface area (Å²) in [6.07, 6.45) is 2.90. The Morgan fingerprint density at radius 1 is 1.45 bits per heavy atom. The van der Waals surface area contributed by atoms with Crippen molar-refractivity contribution < 1.29 is 8.42 Å². The first-order valence-corrected chi connectivity index (χ1v) is 10.2. The predicted molar refractivity (Wildman–Crippen MR) is 89.0 cm³/mol. The van der Waals surface area contributed by atoms with E-state index in [-0.39, 0.29) is 10.9 Å². The lowest BCUT2D eigenvalue weighted by Crippen LogP contribution is -2.33. The fourth-order valence-electron chi connectivity index (χ4n) is 2.37. The van der Waals surface area contributed by atoms with Gasteiger partial charge in [-0.1, -0.05) is 18.5 Å². The van der Waals surface area contributed by atoms with Crippen LogP contribution in [0, 0.1) is 0 Å². The number of halogens is 2. The summed E-state index contributed by atoms with van der Waals surface area (Å²) in [6.45, 7) is 2.13. The molecule has 3 nitrogen and oxygen atoms in total. The molecule has 1 aromatic carbocycles. The first kappa shape index (κ1) is 16.6. The van der Waals surface area contributed by atoms with Crippen LogP contribution in [0.4, 0.5) is 0 Å². The maximum Gasteiger partial charge on any atom is 0.240 e. The van der Waals surface area contributed by atoms with Crippen LogP contribution in [0.15, 0.2) is 27.6 Å². The Balaban J connectivity index is 2.06. The largest absolute Gasteiger partial charge is 0.240 e. The highest BCUT2D eigenvalue weighted by Crippen LogP contribution is 2.31. The van der Waals surface area contributed by atoms with E-state index in [0.717, 1.165) is 25.0 Å². The van der Waals surface area contributed by atoms with Crippen LogP contribution in [0.3, 0.4) is 0 Å². The molecule has 0 radical (unpaired) electrons. The third-order valence-electron chi connectivity index (χ3n) is 3.31. The molecular formula is C13H17BrClNO2S2. The first-order chi connectivity index (χ1) is 9.42. The van der Waals surface area contributed by atoms with Gasteiger partial charge in [0.05, 0.1) is 9.92 Å². The number of sulfonamides is 1. The Labute approximate surface area is 138 Å². The molecule has 0 spiro atoms. The molecule has 0 aliphatic heterocycles. The summed E-state index contributed by atoms with van der Waals surface area (Å²) in [4.78, 5) is 0.250. The third kappa shape index (κ3) is 4.13. The van der Waals surface area contributed by atoms with E-state index in [2.05, 4.69) is 27.6 Å². The van der Waals surface area contributed by atoms with E-state index in [9.17, 15) is 8.42 Å². The van der Waals surface area contributed by atoms with Gasteiger partial charge in [-0.25, -0.2) is 13.1 Å². The highest BCUT2D eigenvalue weighted by molar-refractivity contribution is 9.10. The summed E-state index contributed by atoms with van der Waals surface area (Å²) in [7, 11) is -3.47. The first-order valence-electron chi connectivity index (χ1n) is 6.51. The summed E-state index contributed by atoms with van der Waals surface area (Å²) < 4.78 is 28.1. The lowest BCUT2D eigenvalue weighted by atomic mass is 10.3. The van der Waals surface area contributed by atoms with Crippen molar-refractivity contribution in [3.8, 4) is 0 Å². The minimum atomic E-state index is -3.47. The Morgan fingerprint density at radius 2 is 2.20 bits per heavy atom. The van der Waals surface area contributed by atoms with Crippen LogP contribution in [-0.4, -0.2) is 25.5 Å². The number of nitrogens with one attached hydrogen (secondary N) is 1. The van der Waals surface area contributed by atoms with Crippen molar-refractivity contribution >= 4 is 49.3 Å². The number of benzene rings is 1. The normalized spacial score (nSPS) is 23.1. The smallest absolute Gasteiger partial charge is 0.208 e. The molecule has 0 aromatic heterocycles. The lowest BCUT2D eigenvalue weighted by molar-refractivity contribution is 0.552.